The van der Waals surface area contributed by atoms with Gasteiger partial charge in [-0.25, -0.2) is 0 Å². The molecule has 0 radical (unpaired) electrons. The minimum Gasteiger partial charge on any atom is -0.446 e. The van der Waals surface area contributed by atoms with Crippen molar-refractivity contribution in [1.29, 1.82) is 0 Å². The summed E-state index contributed by atoms with van der Waals surface area (Å²) in [6.07, 6.45) is 0. The van der Waals surface area contributed by atoms with E-state index in [1.54, 1.807) is 30.3 Å². The lowest BCUT2D eigenvalue weighted by Crippen LogP contribution is -2.02. The first-order valence-corrected chi connectivity index (χ1v) is 5.31. The molecule has 0 aliphatic heterocycles. The number of halogens is 1. The first-order valence-electron chi connectivity index (χ1n) is 4.52. The molecule has 2 aromatic rings. The van der Waals surface area contributed by atoms with Crippen molar-refractivity contribution in [2.24, 2.45) is 0 Å². The summed E-state index contributed by atoms with van der Waals surface area (Å²) in [4.78, 5) is 11.9. The maximum absolute atomic E-state index is 11.9. The fourth-order valence-electron chi connectivity index (χ4n) is 1.39. The maximum atomic E-state index is 11.9. The number of carbonyl (C=O) groups is 1. The molecular formula is C11H9BrN2O2. The highest BCUT2D eigenvalue weighted by Gasteiger charge is 2.13. The molecule has 0 spiro atoms. The van der Waals surface area contributed by atoms with Crippen LogP contribution in [0.25, 0.3) is 0 Å². The summed E-state index contributed by atoms with van der Waals surface area (Å²) >= 11 is 3.13. The van der Waals surface area contributed by atoms with Gasteiger partial charge in [0.05, 0.1) is 0 Å². The van der Waals surface area contributed by atoms with E-state index in [-0.39, 0.29) is 11.5 Å². The fraction of sp³-hybridized carbons (Fsp3) is 0. The third-order valence-corrected chi connectivity index (χ3v) is 2.46. The van der Waals surface area contributed by atoms with Gasteiger partial charge in [0, 0.05) is 16.9 Å². The molecule has 2 rings (SSSR count). The van der Waals surface area contributed by atoms with Crippen LogP contribution >= 0.6 is 15.9 Å². The lowest BCUT2D eigenvalue weighted by molar-refractivity contribution is 0.101. The van der Waals surface area contributed by atoms with Crippen molar-refractivity contribution in [2.75, 3.05) is 11.5 Å². The smallest absolute Gasteiger partial charge is 0.228 e. The molecule has 4 N–H and O–H groups in total. The van der Waals surface area contributed by atoms with Gasteiger partial charge in [0.15, 0.2) is 10.4 Å². The van der Waals surface area contributed by atoms with Crippen LogP contribution in [0, 0.1) is 0 Å². The van der Waals surface area contributed by atoms with Crippen LogP contribution in [0.2, 0.25) is 0 Å². The summed E-state index contributed by atoms with van der Waals surface area (Å²) in [7, 11) is 0. The van der Waals surface area contributed by atoms with Gasteiger partial charge in [-0.15, -0.1) is 0 Å². The van der Waals surface area contributed by atoms with Crippen molar-refractivity contribution in [1.82, 2.24) is 0 Å². The summed E-state index contributed by atoms with van der Waals surface area (Å²) in [6.45, 7) is 0. The Kier molecular flexibility index (Phi) is 2.70. The zero-order valence-corrected chi connectivity index (χ0v) is 9.82. The lowest BCUT2D eigenvalue weighted by Gasteiger charge is -2.01. The second kappa shape index (κ2) is 4.02. The van der Waals surface area contributed by atoms with E-state index in [0.29, 0.717) is 21.6 Å². The first-order chi connectivity index (χ1) is 7.56. The number of hydrogen-bond donors (Lipinski definition) is 2. The highest BCUT2D eigenvalue weighted by atomic mass is 79.9. The van der Waals surface area contributed by atoms with E-state index < -0.39 is 0 Å². The van der Waals surface area contributed by atoms with Crippen LogP contribution in [0.1, 0.15) is 16.1 Å². The molecule has 1 heterocycles. The van der Waals surface area contributed by atoms with Crippen molar-refractivity contribution in [2.45, 2.75) is 0 Å². The minimum atomic E-state index is -0.246. The third-order valence-electron chi connectivity index (χ3n) is 2.04. The number of hydrogen-bond acceptors (Lipinski definition) is 4. The summed E-state index contributed by atoms with van der Waals surface area (Å²) in [5, 5.41) is 0. The van der Waals surface area contributed by atoms with Gasteiger partial charge in [0.2, 0.25) is 5.78 Å². The zero-order valence-electron chi connectivity index (χ0n) is 8.24. The second-order valence-electron chi connectivity index (χ2n) is 3.32. The van der Waals surface area contributed by atoms with E-state index in [9.17, 15) is 4.79 Å². The van der Waals surface area contributed by atoms with Crippen molar-refractivity contribution in [3.05, 3.63) is 46.3 Å². The number of anilines is 2. The molecule has 0 atom stereocenters. The standard InChI is InChI=1S/C11H9BrN2O2/c12-10-2-1-9(16-10)11(15)6-3-7(13)5-8(14)4-6/h1-5H,13-14H2. The van der Waals surface area contributed by atoms with Crippen LogP contribution in [0.4, 0.5) is 11.4 Å². The Morgan fingerprint density at radius 2 is 1.75 bits per heavy atom. The molecule has 0 saturated carbocycles. The Balaban J connectivity index is 2.41. The number of nitrogens with two attached hydrogens (primary N) is 2. The Morgan fingerprint density at radius 1 is 1.12 bits per heavy atom. The Bertz CT molecular complexity index is 528. The molecule has 1 aromatic carbocycles. The third kappa shape index (κ3) is 2.09. The molecule has 0 unspecified atom stereocenters. The van der Waals surface area contributed by atoms with Crippen molar-refractivity contribution in [3.63, 3.8) is 0 Å². The maximum Gasteiger partial charge on any atom is 0.228 e. The van der Waals surface area contributed by atoms with Crippen LogP contribution in [-0.4, -0.2) is 5.78 Å². The van der Waals surface area contributed by atoms with E-state index in [0.717, 1.165) is 0 Å². The van der Waals surface area contributed by atoms with Crippen LogP contribution < -0.4 is 11.5 Å². The van der Waals surface area contributed by atoms with Crippen molar-refractivity contribution >= 4 is 33.1 Å². The minimum absolute atomic E-state index is 0.246. The average Bonchev–Trinajstić information content (AvgIpc) is 2.62. The Hall–Kier alpha value is -1.75. The van der Waals surface area contributed by atoms with Gasteiger partial charge in [-0.3, -0.25) is 4.79 Å². The molecule has 82 valence electrons. The number of rotatable bonds is 2. The normalized spacial score (nSPS) is 10.3. The van der Waals surface area contributed by atoms with Crippen LogP contribution in [0.5, 0.6) is 0 Å². The van der Waals surface area contributed by atoms with Crippen molar-refractivity contribution < 1.29 is 9.21 Å². The van der Waals surface area contributed by atoms with E-state index in [4.69, 9.17) is 15.9 Å². The predicted molar refractivity (Wildman–Crippen MR) is 65.1 cm³/mol. The summed E-state index contributed by atoms with van der Waals surface area (Å²) in [6, 6.07) is 7.97. The van der Waals surface area contributed by atoms with Gasteiger partial charge in [0.25, 0.3) is 0 Å². The quantitative estimate of drug-likeness (QED) is 0.654. The van der Waals surface area contributed by atoms with Gasteiger partial charge < -0.3 is 15.9 Å². The monoisotopic (exact) mass is 280 g/mol. The van der Waals surface area contributed by atoms with Gasteiger partial charge in [-0.2, -0.15) is 0 Å². The number of nitrogen functional groups attached to an aromatic ring is 2. The van der Waals surface area contributed by atoms with E-state index in [1.165, 1.54) is 0 Å². The highest BCUT2D eigenvalue weighted by Crippen LogP contribution is 2.20. The van der Waals surface area contributed by atoms with Gasteiger partial charge in [0.1, 0.15) is 0 Å². The number of ketones is 1. The predicted octanol–water partition coefficient (Wildman–Crippen LogP) is 2.44. The Labute approximate surface area is 100 Å². The molecule has 0 amide bonds. The zero-order chi connectivity index (χ0) is 11.7. The molecule has 16 heavy (non-hydrogen) atoms. The molecule has 0 fully saturated rings. The number of furan rings is 1. The highest BCUT2D eigenvalue weighted by molar-refractivity contribution is 9.10. The van der Waals surface area contributed by atoms with Crippen molar-refractivity contribution in [3.8, 4) is 0 Å². The SMILES string of the molecule is Nc1cc(N)cc(C(=O)c2ccc(Br)o2)c1. The van der Waals surface area contributed by atoms with Crippen LogP contribution in [0.15, 0.2) is 39.4 Å². The van der Waals surface area contributed by atoms with E-state index >= 15 is 0 Å². The molecule has 0 aliphatic carbocycles. The van der Waals surface area contributed by atoms with Gasteiger partial charge in [-0.05, 0) is 46.3 Å². The molecule has 0 bridgehead atoms. The molecule has 5 heteroatoms. The van der Waals surface area contributed by atoms with Crippen LogP contribution in [-0.2, 0) is 0 Å². The summed E-state index contributed by atoms with van der Waals surface area (Å²) in [5.41, 5.74) is 12.5. The molecule has 0 saturated heterocycles. The second-order valence-corrected chi connectivity index (χ2v) is 4.10. The molecular weight excluding hydrogens is 272 g/mol. The van der Waals surface area contributed by atoms with E-state index in [2.05, 4.69) is 15.9 Å². The van der Waals surface area contributed by atoms with Gasteiger partial charge in [-0.1, -0.05) is 0 Å². The lowest BCUT2D eigenvalue weighted by atomic mass is 10.1. The van der Waals surface area contributed by atoms with Crippen LogP contribution in [0.3, 0.4) is 0 Å². The van der Waals surface area contributed by atoms with Gasteiger partial charge >= 0.3 is 0 Å². The average molecular weight is 281 g/mol. The summed E-state index contributed by atoms with van der Waals surface area (Å²) < 4.78 is 5.67. The summed E-state index contributed by atoms with van der Waals surface area (Å²) in [5.74, 6) is 0.00146. The number of benzene rings is 1. The largest absolute Gasteiger partial charge is 0.446 e. The van der Waals surface area contributed by atoms with E-state index in [1.807, 2.05) is 0 Å². The molecule has 4 nitrogen and oxygen atoms in total. The molecule has 1 aromatic heterocycles. The Morgan fingerprint density at radius 3 is 2.25 bits per heavy atom. The topological polar surface area (TPSA) is 82.2 Å². The molecule has 0 aliphatic rings. The first kappa shape index (κ1) is 10.8. The fourth-order valence-corrected chi connectivity index (χ4v) is 1.69. The number of carbonyl (C=O) groups excluding carboxylic acids is 1.